The molecule has 1 saturated carbocycles. The van der Waals surface area contributed by atoms with E-state index in [4.69, 9.17) is 0 Å². The summed E-state index contributed by atoms with van der Waals surface area (Å²) >= 11 is 0. The van der Waals surface area contributed by atoms with Gasteiger partial charge in [-0.1, -0.05) is 50.1 Å². The zero-order chi connectivity index (χ0) is 25.6. The van der Waals surface area contributed by atoms with E-state index in [1.807, 2.05) is 24.3 Å². The number of aromatic nitrogens is 1. The molecule has 1 aliphatic carbocycles. The molecule has 0 spiro atoms. The molecule has 1 aliphatic heterocycles. The van der Waals surface area contributed by atoms with Crippen molar-refractivity contribution in [3.63, 3.8) is 0 Å². The predicted octanol–water partition coefficient (Wildman–Crippen LogP) is 4.14. The van der Waals surface area contributed by atoms with Crippen LogP contribution in [-0.2, 0) is 17.8 Å². The highest BCUT2D eigenvalue weighted by atomic mass is 16.2. The molecule has 2 heterocycles. The van der Waals surface area contributed by atoms with Crippen molar-refractivity contribution in [2.45, 2.75) is 58.0 Å². The van der Waals surface area contributed by atoms with Gasteiger partial charge in [-0.2, -0.15) is 0 Å². The highest BCUT2D eigenvalue weighted by molar-refractivity contribution is 6.02. The summed E-state index contributed by atoms with van der Waals surface area (Å²) in [6, 6.07) is 15.9. The average Bonchev–Trinajstić information content (AvgIpc) is 3.73. The fourth-order valence-corrected chi connectivity index (χ4v) is 5.31. The number of fused-ring (bicyclic) bond motifs is 1. The van der Waals surface area contributed by atoms with Crippen LogP contribution in [0.2, 0.25) is 0 Å². The monoisotopic (exact) mass is 501 g/mol. The number of rotatable bonds is 10. The Hall–Kier alpha value is -3.32. The lowest BCUT2D eigenvalue weighted by molar-refractivity contribution is -0.123. The lowest BCUT2D eigenvalue weighted by Crippen LogP contribution is -2.46. The lowest BCUT2D eigenvalue weighted by Gasteiger charge is -2.22. The third-order valence-electron chi connectivity index (χ3n) is 7.68. The van der Waals surface area contributed by atoms with Gasteiger partial charge in [-0.15, -0.1) is 0 Å². The fraction of sp³-hybridized carbons (Fsp3) is 0.467. The van der Waals surface area contributed by atoms with Crippen molar-refractivity contribution < 1.29 is 9.59 Å². The van der Waals surface area contributed by atoms with Crippen molar-refractivity contribution in [3.8, 4) is 0 Å². The molecule has 0 bridgehead atoms. The van der Waals surface area contributed by atoms with E-state index in [0.717, 1.165) is 67.5 Å². The van der Waals surface area contributed by atoms with Crippen LogP contribution in [0.5, 0.6) is 0 Å². The van der Waals surface area contributed by atoms with Crippen molar-refractivity contribution in [3.05, 3.63) is 65.4 Å². The summed E-state index contributed by atoms with van der Waals surface area (Å²) in [6.07, 6.45) is 5.96. The smallest absolute Gasteiger partial charge is 0.268 e. The minimum absolute atomic E-state index is 0.120. The van der Waals surface area contributed by atoms with Gasteiger partial charge in [0.25, 0.3) is 5.91 Å². The van der Waals surface area contributed by atoms with Crippen LogP contribution in [0.4, 0.5) is 5.69 Å². The molecule has 1 atom stereocenters. The van der Waals surface area contributed by atoms with Gasteiger partial charge in [0.05, 0.1) is 0 Å². The number of para-hydroxylation sites is 1. The van der Waals surface area contributed by atoms with E-state index in [9.17, 15) is 9.59 Å². The molecule has 0 unspecified atom stereocenters. The summed E-state index contributed by atoms with van der Waals surface area (Å²) in [6.45, 7) is 6.64. The molecule has 2 aromatic carbocycles. The SMILES string of the molecule is CCc1c(C(=O)N[C@@H](CCC2CC2)C(=O)NCc2ccc(N3CCCNCC3)cc2)[nH]c2ccccc12. The number of amides is 2. The summed E-state index contributed by atoms with van der Waals surface area (Å²) in [7, 11) is 0. The fourth-order valence-electron chi connectivity index (χ4n) is 5.31. The number of benzene rings is 2. The maximum absolute atomic E-state index is 13.3. The molecule has 2 amide bonds. The van der Waals surface area contributed by atoms with Gasteiger partial charge in [0, 0.05) is 42.8 Å². The molecule has 37 heavy (non-hydrogen) atoms. The molecule has 3 aromatic rings. The largest absolute Gasteiger partial charge is 0.370 e. The van der Waals surface area contributed by atoms with Crippen LogP contribution in [0.3, 0.4) is 0 Å². The van der Waals surface area contributed by atoms with Gasteiger partial charge in [0.1, 0.15) is 11.7 Å². The molecule has 1 aromatic heterocycles. The molecule has 2 fully saturated rings. The van der Waals surface area contributed by atoms with Crippen molar-refractivity contribution in [1.29, 1.82) is 0 Å². The topological polar surface area (TPSA) is 89.3 Å². The van der Waals surface area contributed by atoms with E-state index in [-0.39, 0.29) is 11.8 Å². The van der Waals surface area contributed by atoms with Crippen LogP contribution in [0.25, 0.3) is 10.9 Å². The molecule has 1 saturated heterocycles. The highest BCUT2D eigenvalue weighted by Gasteiger charge is 2.28. The minimum Gasteiger partial charge on any atom is -0.370 e. The number of carbonyl (C=O) groups excluding carboxylic acids is 2. The molecular formula is C30H39N5O2. The standard InChI is InChI=1S/C30H39N5O2/c1-2-24-25-6-3-4-7-26(25)33-28(24)30(37)34-27(15-12-21-8-9-21)29(36)32-20-22-10-13-23(14-11-22)35-18-5-16-31-17-19-35/h3-4,6-7,10-11,13-14,21,27,31,33H,2,5,8-9,12,15-20H2,1H3,(H,32,36)(H,34,37)/t27-/m0/s1. The van der Waals surface area contributed by atoms with Crippen LogP contribution in [0.1, 0.15) is 60.6 Å². The Kier molecular flexibility index (Phi) is 8.09. The zero-order valence-corrected chi connectivity index (χ0v) is 21.8. The number of H-pyrrole nitrogens is 1. The number of hydrogen-bond acceptors (Lipinski definition) is 4. The Morgan fingerprint density at radius 2 is 1.86 bits per heavy atom. The number of hydrogen-bond donors (Lipinski definition) is 4. The van der Waals surface area contributed by atoms with Gasteiger partial charge in [-0.25, -0.2) is 0 Å². The maximum atomic E-state index is 13.3. The normalized spacial score (nSPS) is 16.8. The molecule has 4 N–H and O–H groups in total. The number of nitrogens with zero attached hydrogens (tertiary/aromatic N) is 1. The summed E-state index contributed by atoms with van der Waals surface area (Å²) in [5, 5.41) is 10.6. The summed E-state index contributed by atoms with van der Waals surface area (Å²) in [5.74, 6) is 0.360. The van der Waals surface area contributed by atoms with E-state index in [2.05, 4.69) is 57.0 Å². The van der Waals surface area contributed by atoms with Gasteiger partial charge < -0.3 is 25.8 Å². The number of anilines is 1. The van der Waals surface area contributed by atoms with Crippen LogP contribution >= 0.6 is 0 Å². The Labute approximate surface area is 219 Å². The first-order valence-corrected chi connectivity index (χ1v) is 13.8. The summed E-state index contributed by atoms with van der Waals surface area (Å²) in [5.41, 5.74) is 4.78. The minimum atomic E-state index is -0.548. The molecule has 0 radical (unpaired) electrons. The van der Waals surface area contributed by atoms with Crippen molar-refractivity contribution in [1.82, 2.24) is 20.9 Å². The van der Waals surface area contributed by atoms with Gasteiger partial charge in [0.15, 0.2) is 0 Å². The van der Waals surface area contributed by atoms with Crippen LogP contribution in [0.15, 0.2) is 48.5 Å². The second-order valence-corrected chi connectivity index (χ2v) is 10.4. The Morgan fingerprint density at radius 3 is 2.65 bits per heavy atom. The maximum Gasteiger partial charge on any atom is 0.268 e. The number of aryl methyl sites for hydroxylation is 1. The van der Waals surface area contributed by atoms with E-state index >= 15 is 0 Å². The number of nitrogens with one attached hydrogen (secondary N) is 4. The highest BCUT2D eigenvalue weighted by Crippen LogP contribution is 2.34. The van der Waals surface area contributed by atoms with E-state index in [1.54, 1.807) is 0 Å². The van der Waals surface area contributed by atoms with Crippen molar-refractivity contribution in [2.75, 3.05) is 31.1 Å². The summed E-state index contributed by atoms with van der Waals surface area (Å²) in [4.78, 5) is 32.3. The van der Waals surface area contributed by atoms with E-state index in [0.29, 0.717) is 24.6 Å². The van der Waals surface area contributed by atoms with Gasteiger partial charge in [-0.05, 0) is 67.5 Å². The third kappa shape index (κ3) is 6.34. The van der Waals surface area contributed by atoms with E-state index < -0.39 is 6.04 Å². The predicted molar refractivity (Wildman–Crippen MR) is 149 cm³/mol. The molecule has 196 valence electrons. The van der Waals surface area contributed by atoms with Crippen molar-refractivity contribution in [2.24, 2.45) is 5.92 Å². The average molecular weight is 502 g/mol. The number of aromatic amines is 1. The third-order valence-corrected chi connectivity index (χ3v) is 7.68. The van der Waals surface area contributed by atoms with Gasteiger partial charge in [0.2, 0.25) is 5.91 Å². The summed E-state index contributed by atoms with van der Waals surface area (Å²) < 4.78 is 0. The van der Waals surface area contributed by atoms with Crippen molar-refractivity contribution >= 4 is 28.4 Å². The molecule has 2 aliphatic rings. The first kappa shape index (κ1) is 25.3. The second kappa shape index (κ2) is 11.8. The molecule has 7 heteroatoms. The lowest BCUT2D eigenvalue weighted by atomic mass is 10.1. The zero-order valence-electron chi connectivity index (χ0n) is 21.8. The quantitative estimate of drug-likeness (QED) is 0.336. The molecule has 7 nitrogen and oxygen atoms in total. The molecular weight excluding hydrogens is 462 g/mol. The Morgan fingerprint density at radius 1 is 1.05 bits per heavy atom. The molecule has 5 rings (SSSR count). The van der Waals surface area contributed by atoms with Crippen LogP contribution in [0, 0.1) is 5.92 Å². The van der Waals surface area contributed by atoms with Gasteiger partial charge in [-0.3, -0.25) is 9.59 Å². The van der Waals surface area contributed by atoms with Gasteiger partial charge >= 0.3 is 0 Å². The Balaban J connectivity index is 1.22. The van der Waals surface area contributed by atoms with E-state index in [1.165, 1.54) is 18.5 Å². The first-order valence-electron chi connectivity index (χ1n) is 13.8. The van der Waals surface area contributed by atoms with Crippen LogP contribution < -0.4 is 20.9 Å². The Bertz CT molecular complexity index is 1210. The van der Waals surface area contributed by atoms with Crippen LogP contribution in [-0.4, -0.2) is 49.0 Å². The number of carbonyl (C=O) groups is 2. The first-order chi connectivity index (χ1) is 18.1. The second-order valence-electron chi connectivity index (χ2n) is 10.4.